The Labute approximate surface area is 307 Å². The summed E-state index contributed by atoms with van der Waals surface area (Å²) in [4.78, 5) is 11.1. The lowest BCUT2D eigenvalue weighted by molar-refractivity contribution is 0.354. The van der Waals surface area contributed by atoms with Crippen LogP contribution in [0.3, 0.4) is 0 Å². The normalized spacial score (nSPS) is 14.9. The third-order valence-corrected chi connectivity index (χ3v) is 12.5. The molecule has 0 N–H and O–H groups in total. The number of aromatic nitrogens is 3. The molecule has 12 rings (SSSR count). The lowest BCUT2D eigenvalue weighted by Crippen LogP contribution is -2.28. The van der Waals surface area contributed by atoms with Gasteiger partial charge in [0.1, 0.15) is 5.69 Å². The molecule has 2 heterocycles. The van der Waals surface area contributed by atoms with E-state index in [0.29, 0.717) is 0 Å². The molecule has 1 fully saturated rings. The zero-order valence-corrected chi connectivity index (χ0v) is 29.3. The van der Waals surface area contributed by atoms with Crippen molar-refractivity contribution in [3.8, 4) is 28.2 Å². The predicted octanol–water partition coefficient (Wildman–Crippen LogP) is 13.1. The second kappa shape index (κ2) is 10.8. The van der Waals surface area contributed by atoms with Crippen molar-refractivity contribution in [2.75, 3.05) is 0 Å². The third kappa shape index (κ3) is 3.94. The van der Waals surface area contributed by atoms with Gasteiger partial charge in [-0.15, -0.1) is 0 Å². The fourth-order valence-corrected chi connectivity index (χ4v) is 10.3. The second-order valence-electron chi connectivity index (χ2n) is 15.2. The molecule has 2 aromatic heterocycles. The Kier molecular flexibility index (Phi) is 5.99. The lowest BCUT2D eigenvalue weighted by atomic mass is 9.67. The van der Waals surface area contributed by atoms with Gasteiger partial charge in [0.15, 0.2) is 5.82 Å². The van der Waals surface area contributed by atoms with Crippen LogP contribution in [-0.4, -0.2) is 14.5 Å². The summed E-state index contributed by atoms with van der Waals surface area (Å²) in [5.41, 5.74) is 11.9. The van der Waals surface area contributed by atoms with Gasteiger partial charge in [0.2, 0.25) is 0 Å². The molecule has 0 saturated heterocycles. The van der Waals surface area contributed by atoms with E-state index in [1.165, 1.54) is 95.6 Å². The molecule has 0 radical (unpaired) electrons. The number of para-hydroxylation sites is 2. The van der Waals surface area contributed by atoms with E-state index in [-0.39, 0.29) is 5.41 Å². The molecule has 2 aliphatic carbocycles. The Hall–Kier alpha value is -6.32. The van der Waals surface area contributed by atoms with Gasteiger partial charge in [0, 0.05) is 21.8 Å². The zero-order valence-electron chi connectivity index (χ0n) is 29.3. The van der Waals surface area contributed by atoms with Crippen LogP contribution in [0.1, 0.15) is 43.2 Å². The molecular formula is C50H35N3. The highest BCUT2D eigenvalue weighted by atomic mass is 15.1. The predicted molar refractivity (Wildman–Crippen MR) is 221 cm³/mol. The molecule has 1 saturated carbocycles. The molecule has 0 bridgehead atoms. The van der Waals surface area contributed by atoms with Crippen LogP contribution >= 0.6 is 0 Å². The third-order valence-electron chi connectivity index (χ3n) is 12.5. The molecule has 10 aromatic rings. The number of fused-ring (bicyclic) bond motifs is 16. The van der Waals surface area contributed by atoms with Crippen LogP contribution in [0.15, 0.2) is 152 Å². The van der Waals surface area contributed by atoms with E-state index < -0.39 is 0 Å². The largest absolute Gasteiger partial charge is 0.292 e. The Morgan fingerprint density at radius 2 is 1.17 bits per heavy atom. The monoisotopic (exact) mass is 677 g/mol. The van der Waals surface area contributed by atoms with Crippen molar-refractivity contribution < 1.29 is 0 Å². The molecule has 3 nitrogen and oxygen atoms in total. The lowest BCUT2D eigenvalue weighted by Gasteiger charge is -2.36. The van der Waals surface area contributed by atoms with E-state index in [2.05, 4.69) is 156 Å². The van der Waals surface area contributed by atoms with Crippen molar-refractivity contribution in [1.82, 2.24) is 14.5 Å². The number of rotatable bonds is 2. The molecule has 8 aromatic carbocycles. The second-order valence-corrected chi connectivity index (χ2v) is 15.2. The van der Waals surface area contributed by atoms with Gasteiger partial charge in [-0.1, -0.05) is 147 Å². The van der Waals surface area contributed by atoms with Gasteiger partial charge in [0.05, 0.1) is 22.1 Å². The summed E-state index contributed by atoms with van der Waals surface area (Å²) in [6, 6.07) is 55.7. The summed E-state index contributed by atoms with van der Waals surface area (Å²) in [6.07, 6.45) is 6.03. The maximum absolute atomic E-state index is 5.64. The van der Waals surface area contributed by atoms with Crippen LogP contribution in [0.4, 0.5) is 0 Å². The van der Waals surface area contributed by atoms with Crippen LogP contribution in [0.5, 0.6) is 0 Å². The number of hydrogen-bond donors (Lipinski definition) is 0. The van der Waals surface area contributed by atoms with E-state index in [1.54, 1.807) is 0 Å². The average Bonchev–Trinajstić information content (AvgIpc) is 3.71. The highest BCUT2D eigenvalue weighted by Gasteiger charge is 2.47. The topological polar surface area (TPSA) is 30.7 Å². The maximum atomic E-state index is 5.64. The van der Waals surface area contributed by atoms with Gasteiger partial charge in [-0.25, -0.2) is 9.97 Å². The first-order valence-corrected chi connectivity index (χ1v) is 19.1. The molecule has 0 atom stereocenters. The van der Waals surface area contributed by atoms with Crippen molar-refractivity contribution in [2.45, 2.75) is 37.5 Å². The first-order valence-electron chi connectivity index (χ1n) is 19.1. The quantitative estimate of drug-likeness (QED) is 0.182. The van der Waals surface area contributed by atoms with Gasteiger partial charge in [0.25, 0.3) is 0 Å². The first kappa shape index (κ1) is 29.3. The number of hydrogen-bond acceptors (Lipinski definition) is 2. The van der Waals surface area contributed by atoms with Crippen LogP contribution in [-0.2, 0) is 5.41 Å². The Morgan fingerprint density at radius 3 is 2.02 bits per heavy atom. The molecule has 2 aliphatic rings. The summed E-state index contributed by atoms with van der Waals surface area (Å²) in [7, 11) is 0. The molecule has 53 heavy (non-hydrogen) atoms. The zero-order chi connectivity index (χ0) is 34.7. The fraction of sp³-hybridized carbons (Fsp3) is 0.120. The standard InChI is InChI=1S/C50H35N3/c1-12-28-50(29-13-1)39-21-9-8-20-38(39)43-36-18-6-7-19-37(36)45-44-35-17-5-4-15-32(35)26-27-42(44)53(48(45)46(43)50)49-47(51-40-22-10-11-23-41(40)52-49)34-25-24-31-14-2-3-16-33(31)30-34/h2-11,14-27,30H,1,12-13,28-29H2. The van der Waals surface area contributed by atoms with Crippen molar-refractivity contribution in [3.63, 3.8) is 0 Å². The minimum atomic E-state index is -0.0816. The molecule has 1 spiro atoms. The number of nitrogens with zero attached hydrogens (tertiary/aromatic N) is 3. The summed E-state index contributed by atoms with van der Waals surface area (Å²) >= 11 is 0. The molecule has 3 heteroatoms. The van der Waals surface area contributed by atoms with Crippen LogP contribution in [0, 0.1) is 0 Å². The van der Waals surface area contributed by atoms with E-state index in [9.17, 15) is 0 Å². The van der Waals surface area contributed by atoms with E-state index in [4.69, 9.17) is 9.97 Å². The summed E-state index contributed by atoms with van der Waals surface area (Å²) in [6.45, 7) is 0. The molecule has 0 amide bonds. The van der Waals surface area contributed by atoms with Gasteiger partial charge >= 0.3 is 0 Å². The molecule has 0 unspecified atom stereocenters. The van der Waals surface area contributed by atoms with E-state index in [0.717, 1.165) is 41.0 Å². The SMILES string of the molecule is c1ccc2c(c1)-c1c(c3c(c4ccccc14)c1c4ccccc4ccc1n3-c1nc3ccccc3nc1-c1ccc3ccccc3c1)C21CCCCC1. The van der Waals surface area contributed by atoms with Crippen molar-refractivity contribution >= 4 is 65.2 Å². The maximum Gasteiger partial charge on any atom is 0.165 e. The van der Waals surface area contributed by atoms with Gasteiger partial charge < -0.3 is 0 Å². The minimum absolute atomic E-state index is 0.0816. The molecule has 0 aliphatic heterocycles. The highest BCUT2D eigenvalue weighted by Crippen LogP contribution is 2.61. The molecular weight excluding hydrogens is 643 g/mol. The average molecular weight is 678 g/mol. The van der Waals surface area contributed by atoms with Crippen molar-refractivity contribution in [3.05, 3.63) is 163 Å². The Bertz CT molecular complexity index is 3160. The van der Waals surface area contributed by atoms with Crippen LogP contribution in [0.2, 0.25) is 0 Å². The Balaban J connectivity index is 1.35. The summed E-state index contributed by atoms with van der Waals surface area (Å²) in [5, 5.41) is 10.2. The van der Waals surface area contributed by atoms with E-state index >= 15 is 0 Å². The highest BCUT2D eigenvalue weighted by molar-refractivity contribution is 6.32. The minimum Gasteiger partial charge on any atom is -0.292 e. The summed E-state index contributed by atoms with van der Waals surface area (Å²) < 4.78 is 2.54. The van der Waals surface area contributed by atoms with Gasteiger partial charge in [-0.3, -0.25) is 4.57 Å². The summed E-state index contributed by atoms with van der Waals surface area (Å²) in [5.74, 6) is 0.883. The fourth-order valence-electron chi connectivity index (χ4n) is 10.3. The van der Waals surface area contributed by atoms with Crippen molar-refractivity contribution in [2.24, 2.45) is 0 Å². The van der Waals surface area contributed by atoms with Crippen LogP contribution < -0.4 is 0 Å². The smallest absolute Gasteiger partial charge is 0.165 e. The van der Waals surface area contributed by atoms with Gasteiger partial charge in [-0.05, 0) is 91.7 Å². The Morgan fingerprint density at radius 1 is 0.509 bits per heavy atom. The first-order chi connectivity index (χ1) is 26.3. The van der Waals surface area contributed by atoms with Gasteiger partial charge in [-0.2, -0.15) is 0 Å². The van der Waals surface area contributed by atoms with Crippen LogP contribution in [0.25, 0.3) is 93.4 Å². The number of benzene rings is 8. The molecule has 250 valence electrons. The van der Waals surface area contributed by atoms with E-state index in [1.807, 2.05) is 0 Å². The van der Waals surface area contributed by atoms with Crippen molar-refractivity contribution in [1.29, 1.82) is 0 Å².